The van der Waals surface area contributed by atoms with Gasteiger partial charge in [0.2, 0.25) is 0 Å². The Kier molecular flexibility index (Phi) is 2.90. The van der Waals surface area contributed by atoms with Crippen LogP contribution in [0.3, 0.4) is 0 Å². The lowest BCUT2D eigenvalue weighted by molar-refractivity contribution is -0.0331. The van der Waals surface area contributed by atoms with Crippen LogP contribution < -0.4 is 0 Å². The second-order valence-corrected chi connectivity index (χ2v) is 3.55. The van der Waals surface area contributed by atoms with Gasteiger partial charge in [-0.05, 0) is 6.42 Å². The Labute approximate surface area is 78.1 Å². The number of rotatable bonds is 2. The lowest BCUT2D eigenvalue weighted by Crippen LogP contribution is -2.04. The molecule has 0 aliphatic rings. The minimum atomic E-state index is -4.24. The molecule has 13 heavy (non-hydrogen) atoms. The van der Waals surface area contributed by atoms with Gasteiger partial charge in [0.1, 0.15) is 5.03 Å². The molecule has 0 unspecified atom stereocenters. The van der Waals surface area contributed by atoms with Crippen molar-refractivity contribution in [3.63, 3.8) is 0 Å². The van der Waals surface area contributed by atoms with Crippen LogP contribution in [-0.4, -0.2) is 15.3 Å². The molecular formula is C7H9F3N2S. The molecule has 0 saturated heterocycles. The number of hydrogen-bond acceptors (Lipinski definition) is 2. The molecule has 0 atom stereocenters. The lowest BCUT2D eigenvalue weighted by atomic mass is 10.3. The Bertz CT molecular complexity index is 292. The highest BCUT2D eigenvalue weighted by molar-refractivity contribution is 8.00. The van der Waals surface area contributed by atoms with Gasteiger partial charge in [-0.2, -0.15) is 18.3 Å². The monoisotopic (exact) mass is 210 g/mol. The van der Waals surface area contributed by atoms with Gasteiger partial charge in [-0.15, -0.1) is 0 Å². The number of hydrogen-bond donors (Lipinski definition) is 0. The van der Waals surface area contributed by atoms with E-state index in [4.69, 9.17) is 0 Å². The maximum Gasteiger partial charge on any atom is 0.447 e. The van der Waals surface area contributed by atoms with E-state index in [0.29, 0.717) is 12.0 Å². The summed E-state index contributed by atoms with van der Waals surface area (Å²) in [4.78, 5) is 0. The maximum absolute atomic E-state index is 12.0. The van der Waals surface area contributed by atoms with Crippen molar-refractivity contribution in [2.45, 2.75) is 23.9 Å². The van der Waals surface area contributed by atoms with E-state index in [9.17, 15) is 13.2 Å². The molecule has 0 radical (unpaired) electrons. The summed E-state index contributed by atoms with van der Waals surface area (Å²) >= 11 is -0.114. The van der Waals surface area contributed by atoms with E-state index in [1.54, 1.807) is 6.92 Å². The first-order valence-electron chi connectivity index (χ1n) is 3.70. The largest absolute Gasteiger partial charge is 0.447 e. The molecule has 0 amide bonds. The van der Waals surface area contributed by atoms with Gasteiger partial charge in [0.25, 0.3) is 0 Å². The van der Waals surface area contributed by atoms with Crippen molar-refractivity contribution in [3.8, 4) is 0 Å². The summed E-state index contributed by atoms with van der Waals surface area (Å²) in [6, 6.07) is 0. The standard InChI is InChI=1S/C7H9F3N2S/c1-3-5-4-11-12(2)6(5)13-7(8,9)10/h4H,3H2,1-2H3. The fourth-order valence-corrected chi connectivity index (χ4v) is 1.68. The van der Waals surface area contributed by atoms with E-state index in [1.807, 2.05) is 0 Å². The van der Waals surface area contributed by atoms with Gasteiger partial charge < -0.3 is 0 Å². The third-order valence-electron chi connectivity index (χ3n) is 1.55. The van der Waals surface area contributed by atoms with Crippen molar-refractivity contribution >= 4 is 11.8 Å². The second-order valence-electron chi connectivity index (χ2n) is 2.50. The van der Waals surface area contributed by atoms with E-state index in [-0.39, 0.29) is 16.8 Å². The molecule has 1 aromatic heterocycles. The lowest BCUT2D eigenvalue weighted by Gasteiger charge is -2.06. The SMILES string of the molecule is CCc1cnn(C)c1SC(F)(F)F. The van der Waals surface area contributed by atoms with Gasteiger partial charge in [-0.3, -0.25) is 4.68 Å². The summed E-state index contributed by atoms with van der Waals surface area (Å²) in [6.07, 6.45) is 2.03. The average Bonchev–Trinajstić information content (AvgIpc) is 2.30. The third kappa shape index (κ3) is 2.65. The minimum absolute atomic E-state index is 0.114. The van der Waals surface area contributed by atoms with Crippen LogP contribution >= 0.6 is 11.8 Å². The summed E-state index contributed by atoms with van der Waals surface area (Å²) in [5.74, 6) is 0. The van der Waals surface area contributed by atoms with Gasteiger partial charge in [0.15, 0.2) is 0 Å². The van der Waals surface area contributed by atoms with Crippen molar-refractivity contribution in [2.75, 3.05) is 0 Å². The van der Waals surface area contributed by atoms with E-state index < -0.39 is 5.51 Å². The normalized spacial score (nSPS) is 12.1. The van der Waals surface area contributed by atoms with Crippen molar-refractivity contribution in [2.24, 2.45) is 7.05 Å². The molecule has 74 valence electrons. The van der Waals surface area contributed by atoms with Gasteiger partial charge in [0.05, 0.1) is 6.20 Å². The first-order valence-corrected chi connectivity index (χ1v) is 4.52. The van der Waals surface area contributed by atoms with E-state index >= 15 is 0 Å². The Morgan fingerprint density at radius 1 is 1.54 bits per heavy atom. The molecular weight excluding hydrogens is 201 g/mol. The number of aromatic nitrogens is 2. The predicted octanol–water partition coefficient (Wildman–Crippen LogP) is 2.59. The second kappa shape index (κ2) is 3.61. The van der Waals surface area contributed by atoms with Crippen LogP contribution in [0.2, 0.25) is 0 Å². The van der Waals surface area contributed by atoms with Crippen molar-refractivity contribution in [1.82, 2.24) is 9.78 Å². The Morgan fingerprint density at radius 3 is 2.62 bits per heavy atom. The molecule has 1 aromatic rings. The maximum atomic E-state index is 12.0. The van der Waals surface area contributed by atoms with Crippen LogP contribution in [0.1, 0.15) is 12.5 Å². The van der Waals surface area contributed by atoms with Gasteiger partial charge in [0, 0.05) is 24.4 Å². The molecule has 0 N–H and O–H groups in total. The van der Waals surface area contributed by atoms with Crippen molar-refractivity contribution in [3.05, 3.63) is 11.8 Å². The zero-order valence-corrected chi connectivity index (χ0v) is 8.04. The molecule has 0 fully saturated rings. The molecule has 0 spiro atoms. The van der Waals surface area contributed by atoms with E-state index in [1.165, 1.54) is 17.9 Å². The highest BCUT2D eigenvalue weighted by Crippen LogP contribution is 2.38. The Morgan fingerprint density at radius 2 is 2.15 bits per heavy atom. The summed E-state index contributed by atoms with van der Waals surface area (Å²) in [5, 5.41) is 3.94. The van der Waals surface area contributed by atoms with Gasteiger partial charge >= 0.3 is 5.51 Å². The Balaban J connectivity index is 2.92. The first kappa shape index (κ1) is 10.4. The summed E-state index contributed by atoms with van der Waals surface area (Å²) in [7, 11) is 1.51. The topological polar surface area (TPSA) is 17.8 Å². The van der Waals surface area contributed by atoms with Gasteiger partial charge in [-0.1, -0.05) is 6.92 Å². The smallest absolute Gasteiger partial charge is 0.262 e. The summed E-state index contributed by atoms with van der Waals surface area (Å²) in [5.41, 5.74) is -3.61. The van der Waals surface area contributed by atoms with Crippen LogP contribution in [0.25, 0.3) is 0 Å². The zero-order chi connectivity index (χ0) is 10.1. The fraction of sp³-hybridized carbons (Fsp3) is 0.571. The molecule has 0 aliphatic carbocycles. The molecule has 0 bridgehead atoms. The third-order valence-corrected chi connectivity index (χ3v) is 2.50. The predicted molar refractivity (Wildman–Crippen MR) is 44.5 cm³/mol. The first-order chi connectivity index (χ1) is 5.94. The summed E-state index contributed by atoms with van der Waals surface area (Å²) in [6.45, 7) is 1.80. The summed E-state index contributed by atoms with van der Waals surface area (Å²) < 4.78 is 37.4. The molecule has 0 aliphatic heterocycles. The molecule has 0 aromatic carbocycles. The van der Waals surface area contributed by atoms with Crippen LogP contribution in [0, 0.1) is 0 Å². The van der Waals surface area contributed by atoms with E-state index in [0.717, 1.165) is 0 Å². The van der Waals surface area contributed by atoms with Gasteiger partial charge in [-0.25, -0.2) is 0 Å². The number of nitrogens with zero attached hydrogens (tertiary/aromatic N) is 2. The Hall–Kier alpha value is -0.650. The zero-order valence-electron chi connectivity index (χ0n) is 7.22. The minimum Gasteiger partial charge on any atom is -0.262 e. The fourth-order valence-electron chi connectivity index (χ4n) is 0.956. The number of thioether (sulfide) groups is 1. The van der Waals surface area contributed by atoms with Crippen molar-refractivity contribution < 1.29 is 13.2 Å². The van der Waals surface area contributed by atoms with Crippen LogP contribution in [0.15, 0.2) is 11.2 Å². The number of aryl methyl sites for hydroxylation is 2. The van der Waals surface area contributed by atoms with E-state index in [2.05, 4.69) is 5.10 Å². The highest BCUT2D eigenvalue weighted by atomic mass is 32.2. The quantitative estimate of drug-likeness (QED) is 0.698. The van der Waals surface area contributed by atoms with Crippen LogP contribution in [0.5, 0.6) is 0 Å². The molecule has 1 rings (SSSR count). The molecule has 6 heteroatoms. The van der Waals surface area contributed by atoms with Crippen LogP contribution in [0.4, 0.5) is 13.2 Å². The number of halogens is 3. The van der Waals surface area contributed by atoms with Crippen molar-refractivity contribution in [1.29, 1.82) is 0 Å². The number of alkyl halides is 3. The molecule has 2 nitrogen and oxygen atoms in total. The van der Waals surface area contributed by atoms with Crippen LogP contribution in [-0.2, 0) is 13.5 Å². The average molecular weight is 210 g/mol. The molecule has 1 heterocycles. The molecule has 0 saturated carbocycles. The highest BCUT2D eigenvalue weighted by Gasteiger charge is 2.31.